The fourth-order valence-electron chi connectivity index (χ4n) is 1.19. The lowest BCUT2D eigenvalue weighted by Gasteiger charge is -2.00. The van der Waals surface area contributed by atoms with Crippen LogP contribution in [0.2, 0.25) is 0 Å². The summed E-state index contributed by atoms with van der Waals surface area (Å²) in [6, 6.07) is 0. The largest absolute Gasteiger partial charge is 0.466 e. The summed E-state index contributed by atoms with van der Waals surface area (Å²) in [5, 5.41) is 0. The fourth-order valence-corrected chi connectivity index (χ4v) is 1.19. The Labute approximate surface area is 71.4 Å². The summed E-state index contributed by atoms with van der Waals surface area (Å²) in [4.78, 5) is 22.0. The van der Waals surface area contributed by atoms with Gasteiger partial charge in [-0.2, -0.15) is 0 Å². The van der Waals surface area contributed by atoms with Gasteiger partial charge in [0, 0.05) is 12.0 Å². The highest BCUT2D eigenvalue weighted by molar-refractivity contribution is 6.01. The highest BCUT2D eigenvalue weighted by Gasteiger charge is 2.17. The van der Waals surface area contributed by atoms with Gasteiger partial charge in [0.05, 0.1) is 13.0 Å². The van der Waals surface area contributed by atoms with Crippen LogP contribution in [0.25, 0.3) is 0 Å². The van der Waals surface area contributed by atoms with Crippen LogP contribution < -0.4 is 0 Å². The Morgan fingerprint density at radius 3 is 2.92 bits per heavy atom. The highest BCUT2D eigenvalue weighted by atomic mass is 16.5. The Morgan fingerprint density at radius 1 is 1.67 bits per heavy atom. The summed E-state index contributed by atoms with van der Waals surface area (Å²) < 4.78 is 4.72. The van der Waals surface area contributed by atoms with Crippen molar-refractivity contribution >= 4 is 11.8 Å². The third-order valence-electron chi connectivity index (χ3n) is 1.76. The standard InChI is InChI=1S/C9H12O3/c1-2-12-9(11)6-7-4-3-5-8(7)10/h4H,2-3,5-6H2,1H3. The van der Waals surface area contributed by atoms with Gasteiger partial charge in [-0.25, -0.2) is 0 Å². The predicted molar refractivity (Wildman–Crippen MR) is 43.6 cm³/mol. The van der Waals surface area contributed by atoms with Crippen molar-refractivity contribution in [2.75, 3.05) is 6.61 Å². The van der Waals surface area contributed by atoms with Crippen molar-refractivity contribution in [3.05, 3.63) is 11.6 Å². The minimum atomic E-state index is -0.306. The lowest BCUT2D eigenvalue weighted by Crippen LogP contribution is -2.08. The molecule has 0 atom stereocenters. The van der Waals surface area contributed by atoms with Gasteiger partial charge >= 0.3 is 5.97 Å². The molecule has 0 radical (unpaired) electrons. The fraction of sp³-hybridized carbons (Fsp3) is 0.556. The minimum Gasteiger partial charge on any atom is -0.466 e. The monoisotopic (exact) mass is 168 g/mol. The van der Waals surface area contributed by atoms with E-state index in [1.807, 2.05) is 6.08 Å². The Kier molecular flexibility index (Phi) is 3.02. The second kappa shape index (κ2) is 4.04. The minimum absolute atomic E-state index is 0.0862. The van der Waals surface area contributed by atoms with Crippen LogP contribution in [0.15, 0.2) is 11.6 Å². The molecule has 3 nitrogen and oxygen atoms in total. The topological polar surface area (TPSA) is 43.4 Å². The van der Waals surface area contributed by atoms with Crippen molar-refractivity contribution in [2.24, 2.45) is 0 Å². The van der Waals surface area contributed by atoms with Crippen molar-refractivity contribution < 1.29 is 14.3 Å². The molecule has 1 rings (SSSR count). The van der Waals surface area contributed by atoms with E-state index in [9.17, 15) is 9.59 Å². The zero-order valence-electron chi connectivity index (χ0n) is 7.13. The summed E-state index contributed by atoms with van der Waals surface area (Å²) in [5.74, 6) is -0.220. The Morgan fingerprint density at radius 2 is 2.42 bits per heavy atom. The Hall–Kier alpha value is -1.12. The van der Waals surface area contributed by atoms with E-state index in [4.69, 9.17) is 4.74 Å². The zero-order valence-corrected chi connectivity index (χ0v) is 7.13. The number of hydrogen-bond donors (Lipinski definition) is 0. The van der Waals surface area contributed by atoms with Crippen molar-refractivity contribution in [3.63, 3.8) is 0 Å². The van der Waals surface area contributed by atoms with E-state index in [0.717, 1.165) is 6.42 Å². The van der Waals surface area contributed by atoms with E-state index < -0.39 is 0 Å². The molecule has 3 heteroatoms. The Bertz CT molecular complexity index is 228. The van der Waals surface area contributed by atoms with E-state index in [0.29, 0.717) is 18.6 Å². The molecule has 0 unspecified atom stereocenters. The summed E-state index contributed by atoms with van der Waals surface area (Å²) in [7, 11) is 0. The van der Waals surface area contributed by atoms with E-state index >= 15 is 0 Å². The number of rotatable bonds is 3. The number of allylic oxidation sites excluding steroid dienone is 1. The van der Waals surface area contributed by atoms with Gasteiger partial charge in [-0.1, -0.05) is 6.08 Å². The molecule has 0 aromatic heterocycles. The van der Waals surface area contributed by atoms with Crippen LogP contribution in [-0.2, 0) is 14.3 Å². The van der Waals surface area contributed by atoms with Crippen LogP contribution in [0.4, 0.5) is 0 Å². The first kappa shape index (κ1) is 8.97. The second-order valence-electron chi connectivity index (χ2n) is 2.67. The van der Waals surface area contributed by atoms with Crippen LogP contribution in [-0.4, -0.2) is 18.4 Å². The van der Waals surface area contributed by atoms with Gasteiger partial charge in [0.1, 0.15) is 0 Å². The molecule has 0 N–H and O–H groups in total. The van der Waals surface area contributed by atoms with Gasteiger partial charge in [-0.3, -0.25) is 9.59 Å². The third kappa shape index (κ3) is 2.19. The van der Waals surface area contributed by atoms with E-state index in [1.165, 1.54) is 0 Å². The number of hydrogen-bond acceptors (Lipinski definition) is 3. The Balaban J connectivity index is 2.40. The normalized spacial score (nSPS) is 16.1. The predicted octanol–water partition coefficient (Wildman–Crippen LogP) is 1.23. The van der Waals surface area contributed by atoms with Crippen LogP contribution in [0.3, 0.4) is 0 Å². The molecule has 0 heterocycles. The molecule has 0 bridgehead atoms. The van der Waals surface area contributed by atoms with Crippen LogP contribution in [0.1, 0.15) is 26.2 Å². The molecule has 0 aliphatic heterocycles. The van der Waals surface area contributed by atoms with E-state index in [2.05, 4.69) is 0 Å². The first-order valence-corrected chi connectivity index (χ1v) is 4.12. The molecular weight excluding hydrogens is 156 g/mol. The third-order valence-corrected chi connectivity index (χ3v) is 1.76. The summed E-state index contributed by atoms with van der Waals surface area (Å²) in [6.45, 7) is 2.13. The molecule has 66 valence electrons. The maximum atomic E-state index is 11.0. The highest BCUT2D eigenvalue weighted by Crippen LogP contribution is 2.17. The quantitative estimate of drug-likeness (QED) is 0.595. The molecule has 0 saturated heterocycles. The molecule has 0 aromatic carbocycles. The number of Topliss-reactive ketones (excluding diaryl/α,β-unsaturated/α-hetero) is 1. The second-order valence-corrected chi connectivity index (χ2v) is 2.67. The van der Waals surface area contributed by atoms with Crippen molar-refractivity contribution in [3.8, 4) is 0 Å². The number of esters is 1. The number of ether oxygens (including phenoxy) is 1. The molecule has 1 aliphatic rings. The van der Waals surface area contributed by atoms with Gasteiger partial charge in [-0.15, -0.1) is 0 Å². The average molecular weight is 168 g/mol. The van der Waals surface area contributed by atoms with Crippen molar-refractivity contribution in [1.29, 1.82) is 0 Å². The van der Waals surface area contributed by atoms with Crippen LogP contribution in [0, 0.1) is 0 Å². The molecule has 0 amide bonds. The number of carbonyl (C=O) groups excluding carboxylic acids is 2. The van der Waals surface area contributed by atoms with Crippen molar-refractivity contribution in [2.45, 2.75) is 26.2 Å². The van der Waals surface area contributed by atoms with Crippen molar-refractivity contribution in [1.82, 2.24) is 0 Å². The van der Waals surface area contributed by atoms with E-state index in [1.54, 1.807) is 6.92 Å². The van der Waals surface area contributed by atoms with Gasteiger partial charge in [0.15, 0.2) is 5.78 Å². The maximum Gasteiger partial charge on any atom is 0.310 e. The summed E-state index contributed by atoms with van der Waals surface area (Å²) in [5.41, 5.74) is 0.619. The molecular formula is C9H12O3. The molecule has 1 aliphatic carbocycles. The molecule has 12 heavy (non-hydrogen) atoms. The number of carbonyl (C=O) groups is 2. The van der Waals surface area contributed by atoms with E-state index in [-0.39, 0.29) is 18.2 Å². The van der Waals surface area contributed by atoms with Gasteiger partial charge in [0.2, 0.25) is 0 Å². The summed E-state index contributed by atoms with van der Waals surface area (Å²) in [6.07, 6.45) is 3.29. The molecule has 0 spiro atoms. The molecule has 0 aromatic rings. The number of ketones is 1. The zero-order chi connectivity index (χ0) is 8.97. The summed E-state index contributed by atoms with van der Waals surface area (Å²) >= 11 is 0. The molecule has 0 saturated carbocycles. The maximum absolute atomic E-state index is 11.0. The van der Waals surface area contributed by atoms with Crippen LogP contribution in [0.5, 0.6) is 0 Å². The first-order chi connectivity index (χ1) is 5.74. The van der Waals surface area contributed by atoms with Gasteiger partial charge in [-0.05, 0) is 13.3 Å². The lowest BCUT2D eigenvalue weighted by atomic mass is 10.1. The van der Waals surface area contributed by atoms with Crippen LogP contribution >= 0.6 is 0 Å². The first-order valence-electron chi connectivity index (χ1n) is 4.12. The smallest absolute Gasteiger partial charge is 0.310 e. The lowest BCUT2D eigenvalue weighted by molar-refractivity contribution is -0.142. The van der Waals surface area contributed by atoms with Gasteiger partial charge in [0.25, 0.3) is 0 Å². The van der Waals surface area contributed by atoms with Gasteiger partial charge < -0.3 is 4.74 Å². The SMILES string of the molecule is CCOC(=O)CC1=CCCC1=O. The average Bonchev–Trinajstić information content (AvgIpc) is 2.37. The molecule has 0 fully saturated rings.